The van der Waals surface area contributed by atoms with Crippen LogP contribution in [-0.4, -0.2) is 59.1 Å². The van der Waals surface area contributed by atoms with Crippen LogP contribution in [0.1, 0.15) is 32.1 Å². The monoisotopic (exact) mass is 468 g/mol. The van der Waals surface area contributed by atoms with Gasteiger partial charge < -0.3 is 19.5 Å². The highest BCUT2D eigenvalue weighted by molar-refractivity contribution is 6.06. The molecule has 2 fully saturated rings. The molecule has 1 saturated heterocycles. The highest BCUT2D eigenvalue weighted by Gasteiger charge is 2.26. The Bertz CT molecular complexity index is 1270. The molecule has 0 spiro atoms. The van der Waals surface area contributed by atoms with E-state index in [9.17, 15) is 0 Å². The summed E-state index contributed by atoms with van der Waals surface area (Å²) in [6, 6.07) is 15.1. The summed E-state index contributed by atoms with van der Waals surface area (Å²) in [5.41, 5.74) is 3.69. The summed E-state index contributed by atoms with van der Waals surface area (Å²) in [4.78, 5) is 18.7. The van der Waals surface area contributed by atoms with Crippen LogP contribution in [0, 0.1) is 0 Å². The van der Waals surface area contributed by atoms with Crippen LogP contribution >= 0.6 is 0 Å². The highest BCUT2D eigenvalue weighted by atomic mass is 16.3. The Labute approximate surface area is 206 Å². The predicted octanol–water partition coefficient (Wildman–Crippen LogP) is 5.45. The molecule has 0 unspecified atom stereocenters. The second kappa shape index (κ2) is 9.66. The zero-order valence-corrected chi connectivity index (χ0v) is 20.3. The number of pyridine rings is 1. The summed E-state index contributed by atoms with van der Waals surface area (Å²) < 4.78 is 6.43. The third kappa shape index (κ3) is 4.48. The van der Waals surface area contributed by atoms with Crippen LogP contribution < -0.4 is 10.2 Å². The lowest BCUT2D eigenvalue weighted by Crippen LogP contribution is -2.44. The molecule has 0 atom stereocenters. The molecule has 6 rings (SSSR count). The molecule has 1 saturated carbocycles. The number of aromatic nitrogens is 3. The summed E-state index contributed by atoms with van der Waals surface area (Å²) >= 11 is 0. The van der Waals surface area contributed by atoms with Crippen molar-refractivity contribution in [3.63, 3.8) is 0 Å². The molecule has 4 aromatic rings. The fourth-order valence-corrected chi connectivity index (χ4v) is 5.33. The molecule has 3 aromatic heterocycles. The van der Waals surface area contributed by atoms with Crippen molar-refractivity contribution in [1.29, 1.82) is 0 Å². The first kappa shape index (κ1) is 22.0. The Morgan fingerprint density at radius 3 is 2.40 bits per heavy atom. The number of hydrogen-bond donors (Lipinski definition) is 1. The van der Waals surface area contributed by atoms with Gasteiger partial charge >= 0.3 is 0 Å². The molecular formula is C28H32N6O. The molecule has 180 valence electrons. The number of furan rings is 1. The second-order valence-electron chi connectivity index (χ2n) is 9.75. The minimum Gasteiger partial charge on any atom is -0.437 e. The molecule has 0 bridgehead atoms. The van der Waals surface area contributed by atoms with E-state index < -0.39 is 0 Å². The third-order valence-corrected chi connectivity index (χ3v) is 7.32. The number of benzene rings is 1. The standard InChI is InChI=1S/C28H32N6O/c1-33-14-16-34(17-15-33)27-25-24(20-8-4-2-5-9-20)26(35-28(25)31-19-30-27)21-12-13-23(29-18-21)32-22-10-6-3-7-11-22/h2,4-5,8-9,12-13,18-19,22H,3,6-7,10-11,14-17H2,1H3,(H,29,32). The fraction of sp³-hybridized carbons (Fsp3) is 0.393. The van der Waals surface area contributed by atoms with E-state index in [1.165, 1.54) is 32.1 Å². The molecular weight excluding hydrogens is 436 g/mol. The largest absolute Gasteiger partial charge is 0.437 e. The number of hydrogen-bond acceptors (Lipinski definition) is 7. The average molecular weight is 469 g/mol. The zero-order chi connectivity index (χ0) is 23.6. The van der Waals surface area contributed by atoms with E-state index in [0.717, 1.165) is 65.7 Å². The Kier molecular flexibility index (Phi) is 6.08. The molecule has 4 heterocycles. The maximum absolute atomic E-state index is 6.43. The summed E-state index contributed by atoms with van der Waals surface area (Å²) in [6.45, 7) is 3.88. The molecule has 0 amide bonds. The van der Waals surface area contributed by atoms with E-state index in [4.69, 9.17) is 14.4 Å². The quantitative estimate of drug-likeness (QED) is 0.418. The molecule has 0 radical (unpaired) electrons. The fourth-order valence-electron chi connectivity index (χ4n) is 5.33. The predicted molar refractivity (Wildman–Crippen MR) is 141 cm³/mol. The molecule has 1 aliphatic heterocycles. The van der Waals surface area contributed by atoms with E-state index in [2.05, 4.69) is 63.5 Å². The van der Waals surface area contributed by atoms with Gasteiger partial charge in [-0.15, -0.1) is 0 Å². The van der Waals surface area contributed by atoms with E-state index in [1.807, 2.05) is 12.3 Å². The lowest BCUT2D eigenvalue weighted by molar-refractivity contribution is 0.312. The van der Waals surface area contributed by atoms with Crippen molar-refractivity contribution < 1.29 is 4.42 Å². The maximum Gasteiger partial charge on any atom is 0.232 e. The maximum atomic E-state index is 6.43. The zero-order valence-electron chi connectivity index (χ0n) is 20.3. The normalized spacial score (nSPS) is 17.7. The van der Waals surface area contributed by atoms with Gasteiger partial charge in [0.05, 0.1) is 5.39 Å². The van der Waals surface area contributed by atoms with Crippen molar-refractivity contribution in [2.24, 2.45) is 0 Å². The SMILES string of the molecule is CN1CCN(c2ncnc3oc(-c4ccc(NC5CCCCC5)nc4)c(-c4ccccc4)c23)CC1. The van der Waals surface area contributed by atoms with Crippen molar-refractivity contribution >= 4 is 22.7 Å². The molecule has 7 heteroatoms. The van der Waals surface area contributed by atoms with Crippen LogP contribution in [0.2, 0.25) is 0 Å². The third-order valence-electron chi connectivity index (χ3n) is 7.32. The van der Waals surface area contributed by atoms with Gasteiger partial charge in [0, 0.05) is 49.5 Å². The smallest absolute Gasteiger partial charge is 0.232 e. The van der Waals surface area contributed by atoms with Crippen LogP contribution in [0.4, 0.5) is 11.6 Å². The topological polar surface area (TPSA) is 70.3 Å². The van der Waals surface area contributed by atoms with Crippen LogP contribution in [0.15, 0.2) is 59.4 Å². The van der Waals surface area contributed by atoms with Crippen molar-refractivity contribution in [1.82, 2.24) is 19.9 Å². The molecule has 2 aliphatic rings. The number of nitrogens with zero attached hydrogens (tertiary/aromatic N) is 5. The summed E-state index contributed by atoms with van der Waals surface area (Å²) in [5, 5.41) is 4.59. The van der Waals surface area contributed by atoms with Gasteiger partial charge in [-0.2, -0.15) is 0 Å². The minimum atomic E-state index is 0.523. The Morgan fingerprint density at radius 2 is 1.66 bits per heavy atom. The Hall–Kier alpha value is -3.45. The summed E-state index contributed by atoms with van der Waals surface area (Å²) in [5.74, 6) is 2.66. The molecule has 1 aromatic carbocycles. The van der Waals surface area contributed by atoms with Crippen molar-refractivity contribution in [2.75, 3.05) is 43.4 Å². The van der Waals surface area contributed by atoms with Crippen LogP contribution in [0.3, 0.4) is 0 Å². The number of fused-ring (bicyclic) bond motifs is 1. The molecule has 1 aliphatic carbocycles. The van der Waals surface area contributed by atoms with Crippen molar-refractivity contribution in [2.45, 2.75) is 38.1 Å². The summed E-state index contributed by atoms with van der Waals surface area (Å²) in [7, 11) is 2.16. The van der Waals surface area contributed by atoms with E-state index in [-0.39, 0.29) is 0 Å². The lowest BCUT2D eigenvalue weighted by atomic mass is 9.95. The van der Waals surface area contributed by atoms with Gasteiger partial charge in [0.1, 0.15) is 23.7 Å². The molecule has 35 heavy (non-hydrogen) atoms. The highest BCUT2D eigenvalue weighted by Crippen LogP contribution is 2.43. The van der Waals surface area contributed by atoms with Crippen LogP contribution in [-0.2, 0) is 0 Å². The molecule has 1 N–H and O–H groups in total. The first-order chi connectivity index (χ1) is 17.3. The van der Waals surface area contributed by atoms with E-state index in [1.54, 1.807) is 6.33 Å². The average Bonchev–Trinajstić information content (AvgIpc) is 3.31. The van der Waals surface area contributed by atoms with Gasteiger partial charge in [-0.3, -0.25) is 0 Å². The van der Waals surface area contributed by atoms with Gasteiger partial charge in [0.15, 0.2) is 0 Å². The second-order valence-corrected chi connectivity index (χ2v) is 9.75. The minimum absolute atomic E-state index is 0.523. The Morgan fingerprint density at radius 1 is 0.857 bits per heavy atom. The molecule has 7 nitrogen and oxygen atoms in total. The van der Waals surface area contributed by atoms with Gasteiger partial charge in [0.2, 0.25) is 5.71 Å². The first-order valence-corrected chi connectivity index (χ1v) is 12.8. The first-order valence-electron chi connectivity index (χ1n) is 12.8. The van der Waals surface area contributed by atoms with E-state index in [0.29, 0.717) is 11.8 Å². The number of likely N-dealkylation sites (N-methyl/N-ethyl adjacent to an activating group) is 1. The van der Waals surface area contributed by atoms with Crippen LogP contribution in [0.25, 0.3) is 33.6 Å². The van der Waals surface area contributed by atoms with Gasteiger partial charge in [-0.25, -0.2) is 15.0 Å². The van der Waals surface area contributed by atoms with Gasteiger partial charge in [0.25, 0.3) is 0 Å². The van der Waals surface area contributed by atoms with Crippen molar-refractivity contribution in [3.8, 4) is 22.5 Å². The number of piperazine rings is 1. The number of anilines is 2. The van der Waals surface area contributed by atoms with Gasteiger partial charge in [-0.1, -0.05) is 49.6 Å². The number of nitrogens with one attached hydrogen (secondary N) is 1. The number of rotatable bonds is 5. The van der Waals surface area contributed by atoms with Crippen molar-refractivity contribution in [3.05, 3.63) is 55.0 Å². The summed E-state index contributed by atoms with van der Waals surface area (Å²) in [6.07, 6.45) is 9.92. The van der Waals surface area contributed by atoms with Gasteiger partial charge in [-0.05, 0) is 37.6 Å². The van der Waals surface area contributed by atoms with E-state index >= 15 is 0 Å². The van der Waals surface area contributed by atoms with Crippen LogP contribution in [0.5, 0.6) is 0 Å². The lowest BCUT2D eigenvalue weighted by Gasteiger charge is -2.33. The Balaban J connectivity index is 1.42.